The molecule has 0 fully saturated rings. The van der Waals surface area contributed by atoms with Crippen molar-refractivity contribution in [2.75, 3.05) is 13.2 Å². The van der Waals surface area contributed by atoms with Gasteiger partial charge in [-0.2, -0.15) is 9.81 Å². The largest absolute Gasteiger partial charge is 0.393 e. The molecule has 0 aromatic heterocycles. The molecule has 0 aliphatic heterocycles. The smallest absolute Gasteiger partial charge is 0.151 e. The van der Waals surface area contributed by atoms with Crippen LogP contribution in [0, 0.1) is 9.81 Å². The van der Waals surface area contributed by atoms with Gasteiger partial charge in [-0.1, -0.05) is 10.4 Å². The SMILES string of the molecule is O=NCCC(O)C(N=O)[C@H](F)CO. The van der Waals surface area contributed by atoms with Crippen LogP contribution in [0.4, 0.5) is 4.39 Å². The van der Waals surface area contributed by atoms with Crippen molar-refractivity contribution in [3.8, 4) is 0 Å². The maximum Gasteiger partial charge on any atom is 0.151 e. The van der Waals surface area contributed by atoms with Gasteiger partial charge in [0.15, 0.2) is 12.2 Å². The fraction of sp³-hybridized carbons (Fsp3) is 1.00. The van der Waals surface area contributed by atoms with Crippen LogP contribution in [0.25, 0.3) is 0 Å². The second-order valence-corrected chi connectivity index (χ2v) is 2.50. The normalized spacial score (nSPS) is 17.5. The quantitative estimate of drug-likeness (QED) is 0.556. The van der Waals surface area contributed by atoms with Gasteiger partial charge in [0.2, 0.25) is 0 Å². The van der Waals surface area contributed by atoms with Crippen molar-refractivity contribution in [1.29, 1.82) is 0 Å². The molecule has 7 heteroatoms. The molecule has 0 radical (unpaired) electrons. The number of halogens is 1. The van der Waals surface area contributed by atoms with Crippen LogP contribution in [-0.4, -0.2) is 41.7 Å². The minimum absolute atomic E-state index is 0.139. The zero-order valence-electron chi connectivity index (χ0n) is 6.84. The molecule has 0 aromatic carbocycles. The van der Waals surface area contributed by atoms with Crippen molar-refractivity contribution >= 4 is 0 Å². The van der Waals surface area contributed by atoms with Crippen molar-refractivity contribution in [3.63, 3.8) is 0 Å². The number of nitroso groups, excluding NO2 is 2. The van der Waals surface area contributed by atoms with E-state index in [0.717, 1.165) is 0 Å². The maximum atomic E-state index is 12.7. The number of aliphatic hydroxyl groups is 2. The van der Waals surface area contributed by atoms with Crippen LogP contribution < -0.4 is 0 Å². The highest BCUT2D eigenvalue weighted by molar-refractivity contribution is 4.82. The molecule has 0 amide bonds. The number of hydrogen-bond acceptors (Lipinski definition) is 6. The van der Waals surface area contributed by atoms with Crippen LogP contribution >= 0.6 is 0 Å². The maximum absolute atomic E-state index is 12.7. The molecule has 6 nitrogen and oxygen atoms in total. The Morgan fingerprint density at radius 3 is 2.38 bits per heavy atom. The predicted octanol–water partition coefficient (Wildman–Crippen LogP) is -0.0308. The van der Waals surface area contributed by atoms with Gasteiger partial charge in [-0.25, -0.2) is 4.39 Å². The molecule has 13 heavy (non-hydrogen) atoms. The summed E-state index contributed by atoms with van der Waals surface area (Å²) in [6.45, 7) is -1.10. The number of rotatable bonds is 7. The van der Waals surface area contributed by atoms with E-state index < -0.39 is 24.9 Å². The standard InChI is InChI=1S/C6H11FN2O4/c7-4(3-10)6(9-13)5(11)1-2-8-12/h4-6,10-11H,1-3H2/t4-,5?,6?/m1/s1. The summed E-state index contributed by atoms with van der Waals surface area (Å²) in [5, 5.41) is 22.2. The first-order valence-corrected chi connectivity index (χ1v) is 3.72. The van der Waals surface area contributed by atoms with Gasteiger partial charge in [0, 0.05) is 0 Å². The molecule has 0 saturated heterocycles. The van der Waals surface area contributed by atoms with Crippen molar-refractivity contribution in [2.45, 2.75) is 24.7 Å². The molecule has 0 aliphatic rings. The summed E-state index contributed by atoms with van der Waals surface area (Å²) in [7, 11) is 0. The number of hydrogen-bond donors (Lipinski definition) is 2. The van der Waals surface area contributed by atoms with Gasteiger partial charge in [-0.15, -0.1) is 0 Å². The lowest BCUT2D eigenvalue weighted by atomic mass is 10.0. The zero-order valence-corrected chi connectivity index (χ0v) is 6.84. The number of alkyl halides is 1. The highest BCUT2D eigenvalue weighted by Gasteiger charge is 2.28. The summed E-state index contributed by atoms with van der Waals surface area (Å²) in [5.41, 5.74) is 0. The van der Waals surface area contributed by atoms with E-state index in [2.05, 4.69) is 10.4 Å². The van der Waals surface area contributed by atoms with Gasteiger partial charge in [-0.05, 0) is 6.42 Å². The molecule has 0 heterocycles. The van der Waals surface area contributed by atoms with Gasteiger partial charge in [-0.3, -0.25) is 0 Å². The average molecular weight is 194 g/mol. The topological polar surface area (TPSA) is 99.3 Å². The second-order valence-electron chi connectivity index (χ2n) is 2.50. The van der Waals surface area contributed by atoms with Crippen LogP contribution in [0.15, 0.2) is 10.4 Å². The van der Waals surface area contributed by atoms with Gasteiger partial charge < -0.3 is 10.2 Å². The van der Waals surface area contributed by atoms with Crippen molar-refractivity contribution in [3.05, 3.63) is 9.81 Å². The Hall–Kier alpha value is -0.950. The van der Waals surface area contributed by atoms with Crippen LogP contribution in [-0.2, 0) is 0 Å². The third-order valence-electron chi connectivity index (χ3n) is 1.58. The van der Waals surface area contributed by atoms with Gasteiger partial charge in [0.25, 0.3) is 0 Å². The third kappa shape index (κ3) is 4.00. The highest BCUT2D eigenvalue weighted by Crippen LogP contribution is 2.11. The Morgan fingerprint density at radius 1 is 1.38 bits per heavy atom. The zero-order chi connectivity index (χ0) is 10.3. The van der Waals surface area contributed by atoms with Crippen LogP contribution in [0.3, 0.4) is 0 Å². The second kappa shape index (κ2) is 6.55. The molecule has 2 N–H and O–H groups in total. The highest BCUT2D eigenvalue weighted by atomic mass is 19.1. The molecular weight excluding hydrogens is 183 g/mol. The molecule has 2 unspecified atom stereocenters. The molecular formula is C6H11FN2O4. The van der Waals surface area contributed by atoms with E-state index >= 15 is 0 Å². The van der Waals surface area contributed by atoms with E-state index in [4.69, 9.17) is 10.2 Å². The van der Waals surface area contributed by atoms with E-state index in [9.17, 15) is 14.2 Å². The fourth-order valence-corrected chi connectivity index (χ4v) is 0.841. The van der Waals surface area contributed by atoms with E-state index in [-0.39, 0.29) is 13.0 Å². The van der Waals surface area contributed by atoms with E-state index in [0.29, 0.717) is 0 Å². The Labute approximate surface area is 73.7 Å². The monoisotopic (exact) mass is 194 g/mol. The molecule has 0 aromatic rings. The number of aliphatic hydroxyl groups excluding tert-OH is 2. The minimum atomic E-state index is -1.90. The lowest BCUT2D eigenvalue weighted by molar-refractivity contribution is 0.0668. The van der Waals surface area contributed by atoms with Crippen LogP contribution in [0.1, 0.15) is 6.42 Å². The van der Waals surface area contributed by atoms with Gasteiger partial charge >= 0.3 is 0 Å². The Morgan fingerprint density at radius 2 is 2.00 bits per heavy atom. The van der Waals surface area contributed by atoms with Gasteiger partial charge in [0.05, 0.1) is 19.3 Å². The molecule has 0 aliphatic carbocycles. The molecule has 0 saturated carbocycles. The summed E-state index contributed by atoms with van der Waals surface area (Å²) < 4.78 is 12.7. The van der Waals surface area contributed by atoms with E-state index in [1.165, 1.54) is 0 Å². The first-order valence-electron chi connectivity index (χ1n) is 3.72. The molecule has 0 bridgehead atoms. The summed E-state index contributed by atoms with van der Waals surface area (Å²) >= 11 is 0. The lowest BCUT2D eigenvalue weighted by Gasteiger charge is -2.17. The minimum Gasteiger partial charge on any atom is -0.393 e. The predicted molar refractivity (Wildman–Crippen MR) is 42.9 cm³/mol. The fourth-order valence-electron chi connectivity index (χ4n) is 0.841. The lowest BCUT2D eigenvalue weighted by Crippen LogP contribution is -2.35. The Bertz CT molecular complexity index is 169. The van der Waals surface area contributed by atoms with Crippen molar-refractivity contribution in [2.24, 2.45) is 10.4 Å². The summed E-state index contributed by atoms with van der Waals surface area (Å²) in [6.07, 6.45) is -3.42. The third-order valence-corrected chi connectivity index (χ3v) is 1.58. The van der Waals surface area contributed by atoms with Crippen LogP contribution in [0.2, 0.25) is 0 Å². The van der Waals surface area contributed by atoms with Gasteiger partial charge in [0.1, 0.15) is 0 Å². The van der Waals surface area contributed by atoms with Crippen molar-refractivity contribution in [1.82, 2.24) is 0 Å². The first kappa shape index (κ1) is 12.0. The summed E-state index contributed by atoms with van der Waals surface area (Å²) in [4.78, 5) is 19.7. The van der Waals surface area contributed by atoms with E-state index in [1.807, 2.05) is 0 Å². The van der Waals surface area contributed by atoms with Crippen molar-refractivity contribution < 1.29 is 14.6 Å². The Kier molecular flexibility index (Phi) is 6.07. The molecule has 0 rings (SSSR count). The number of nitrogens with zero attached hydrogens (tertiary/aromatic N) is 2. The first-order chi connectivity index (χ1) is 6.17. The molecule has 76 valence electrons. The van der Waals surface area contributed by atoms with Crippen LogP contribution in [0.5, 0.6) is 0 Å². The molecule has 0 spiro atoms. The average Bonchev–Trinajstić information content (AvgIpc) is 2.15. The molecule has 3 atom stereocenters. The van der Waals surface area contributed by atoms with E-state index in [1.54, 1.807) is 0 Å². The Balaban J connectivity index is 4.05. The summed E-state index contributed by atoms with van der Waals surface area (Å²) in [6, 6.07) is -1.54. The summed E-state index contributed by atoms with van der Waals surface area (Å²) in [5.74, 6) is 0.